The highest BCUT2D eigenvalue weighted by Gasteiger charge is 2.20. The lowest BCUT2D eigenvalue weighted by molar-refractivity contribution is -0.132. The Hall–Kier alpha value is -1.37. The first-order valence-corrected chi connectivity index (χ1v) is 6.41. The van der Waals surface area contributed by atoms with Crippen LogP contribution in [0, 0.1) is 0 Å². The fourth-order valence-electron chi connectivity index (χ4n) is 1.64. The molecule has 0 spiro atoms. The number of piperidine rings is 1. The second-order valence-electron chi connectivity index (χ2n) is 3.87. The minimum absolute atomic E-state index is 0.0606. The van der Waals surface area contributed by atoms with Crippen molar-refractivity contribution in [3.63, 3.8) is 0 Å². The molecule has 1 amide bonds. The van der Waals surface area contributed by atoms with Crippen molar-refractivity contribution < 1.29 is 9.59 Å². The molecule has 1 aliphatic heterocycles. The maximum Gasteiger partial charge on any atom is 0.233 e. The Morgan fingerprint density at radius 1 is 1.47 bits per heavy atom. The summed E-state index contributed by atoms with van der Waals surface area (Å²) in [5, 5.41) is 4.66. The molecule has 0 bridgehead atoms. The molecule has 6 nitrogen and oxygen atoms in total. The van der Waals surface area contributed by atoms with Gasteiger partial charge in [-0.05, 0) is 0 Å². The van der Waals surface area contributed by atoms with Gasteiger partial charge in [-0.3, -0.25) is 9.59 Å². The quantitative estimate of drug-likeness (QED) is 0.716. The van der Waals surface area contributed by atoms with E-state index < -0.39 is 0 Å². The standard InChI is InChI=1S/C10H14N4O2S/c1-13-10(11-7-12-13)17-6-9(16)14-4-2-8(15)3-5-14/h7H,2-6H2,1H3. The first kappa shape index (κ1) is 12.1. The largest absolute Gasteiger partial charge is 0.341 e. The highest BCUT2D eigenvalue weighted by atomic mass is 32.2. The normalized spacial score (nSPS) is 16.3. The molecule has 0 saturated carbocycles. The summed E-state index contributed by atoms with van der Waals surface area (Å²) in [6.45, 7) is 1.11. The number of ketones is 1. The van der Waals surface area contributed by atoms with Crippen molar-refractivity contribution in [1.29, 1.82) is 0 Å². The second-order valence-corrected chi connectivity index (χ2v) is 4.82. The zero-order chi connectivity index (χ0) is 12.3. The van der Waals surface area contributed by atoms with Crippen molar-refractivity contribution in [3.8, 4) is 0 Å². The number of aromatic nitrogens is 3. The van der Waals surface area contributed by atoms with Crippen LogP contribution in [0.15, 0.2) is 11.5 Å². The van der Waals surface area contributed by atoms with Gasteiger partial charge in [0.2, 0.25) is 5.91 Å². The van der Waals surface area contributed by atoms with E-state index in [-0.39, 0.29) is 11.7 Å². The molecule has 1 aliphatic rings. The minimum atomic E-state index is 0.0606. The van der Waals surface area contributed by atoms with E-state index in [1.807, 2.05) is 0 Å². The number of nitrogens with zero attached hydrogens (tertiary/aromatic N) is 4. The molecule has 1 fully saturated rings. The summed E-state index contributed by atoms with van der Waals surface area (Å²) in [6.07, 6.45) is 2.44. The van der Waals surface area contributed by atoms with Crippen LogP contribution in [0.3, 0.4) is 0 Å². The molecule has 1 aromatic heterocycles. The summed E-state index contributed by atoms with van der Waals surface area (Å²) in [5.41, 5.74) is 0. The Morgan fingerprint density at radius 2 is 2.18 bits per heavy atom. The zero-order valence-electron chi connectivity index (χ0n) is 9.63. The molecule has 1 aromatic rings. The first-order chi connectivity index (χ1) is 8.16. The van der Waals surface area contributed by atoms with Gasteiger partial charge < -0.3 is 4.90 Å². The van der Waals surface area contributed by atoms with E-state index in [0.29, 0.717) is 31.7 Å². The fraction of sp³-hybridized carbons (Fsp3) is 0.600. The Labute approximate surface area is 103 Å². The second kappa shape index (κ2) is 5.31. The minimum Gasteiger partial charge on any atom is -0.341 e. The predicted molar refractivity (Wildman–Crippen MR) is 62.5 cm³/mol. The third kappa shape index (κ3) is 3.06. The molecule has 0 aliphatic carbocycles. The Bertz CT molecular complexity index is 422. The Morgan fingerprint density at radius 3 is 2.76 bits per heavy atom. The fourth-order valence-corrected chi connectivity index (χ4v) is 2.43. The predicted octanol–water partition coefficient (Wildman–Crippen LogP) is 0.0987. The molecule has 2 heterocycles. The van der Waals surface area contributed by atoms with Gasteiger partial charge in [-0.1, -0.05) is 11.8 Å². The van der Waals surface area contributed by atoms with Crippen LogP contribution in [0.4, 0.5) is 0 Å². The van der Waals surface area contributed by atoms with Crippen molar-refractivity contribution in [3.05, 3.63) is 6.33 Å². The van der Waals surface area contributed by atoms with Gasteiger partial charge in [-0.25, -0.2) is 9.67 Å². The lowest BCUT2D eigenvalue weighted by atomic mass is 10.1. The molecule has 7 heteroatoms. The smallest absolute Gasteiger partial charge is 0.233 e. The molecule has 0 radical (unpaired) electrons. The van der Waals surface area contributed by atoms with Crippen molar-refractivity contribution in [2.24, 2.45) is 7.05 Å². The lowest BCUT2D eigenvalue weighted by Gasteiger charge is -2.25. The van der Waals surface area contributed by atoms with Crippen LogP contribution in [0.1, 0.15) is 12.8 Å². The summed E-state index contributed by atoms with van der Waals surface area (Å²) in [4.78, 5) is 28.7. The van der Waals surface area contributed by atoms with Crippen LogP contribution in [0.25, 0.3) is 0 Å². The van der Waals surface area contributed by atoms with Crippen LogP contribution >= 0.6 is 11.8 Å². The van der Waals surface area contributed by atoms with Gasteiger partial charge in [0, 0.05) is 33.0 Å². The molecule has 92 valence electrons. The summed E-state index contributed by atoms with van der Waals surface area (Å²) in [5.74, 6) is 0.654. The number of aryl methyl sites for hydroxylation is 1. The van der Waals surface area contributed by atoms with E-state index >= 15 is 0 Å². The number of carbonyl (C=O) groups is 2. The molecular formula is C10H14N4O2S. The van der Waals surface area contributed by atoms with Crippen molar-refractivity contribution in [2.75, 3.05) is 18.8 Å². The molecule has 2 rings (SSSR count). The Kier molecular flexibility index (Phi) is 3.78. The van der Waals surface area contributed by atoms with Crippen molar-refractivity contribution >= 4 is 23.5 Å². The SMILES string of the molecule is Cn1ncnc1SCC(=O)N1CCC(=O)CC1. The molecule has 0 atom stereocenters. The molecular weight excluding hydrogens is 240 g/mol. The molecule has 0 N–H and O–H groups in total. The van der Waals surface area contributed by atoms with E-state index in [9.17, 15) is 9.59 Å². The van der Waals surface area contributed by atoms with Gasteiger partial charge in [0.25, 0.3) is 0 Å². The van der Waals surface area contributed by atoms with Gasteiger partial charge in [-0.2, -0.15) is 5.10 Å². The maximum atomic E-state index is 11.8. The van der Waals surface area contributed by atoms with Gasteiger partial charge in [0.1, 0.15) is 12.1 Å². The number of hydrogen-bond acceptors (Lipinski definition) is 5. The number of rotatable bonds is 3. The van der Waals surface area contributed by atoms with E-state index in [1.54, 1.807) is 16.6 Å². The zero-order valence-corrected chi connectivity index (χ0v) is 10.4. The summed E-state index contributed by atoms with van der Waals surface area (Å²) >= 11 is 1.37. The third-order valence-corrected chi connectivity index (χ3v) is 3.69. The monoisotopic (exact) mass is 254 g/mol. The van der Waals surface area contributed by atoms with Gasteiger partial charge in [-0.15, -0.1) is 0 Å². The number of hydrogen-bond donors (Lipinski definition) is 0. The van der Waals surface area contributed by atoms with E-state index in [4.69, 9.17) is 0 Å². The number of amides is 1. The van der Waals surface area contributed by atoms with Crippen LogP contribution in [-0.4, -0.2) is 50.2 Å². The summed E-state index contributed by atoms with van der Waals surface area (Å²) < 4.78 is 1.64. The highest BCUT2D eigenvalue weighted by Crippen LogP contribution is 2.15. The van der Waals surface area contributed by atoms with Crippen LogP contribution in [0.5, 0.6) is 0 Å². The van der Waals surface area contributed by atoms with Crippen molar-refractivity contribution in [2.45, 2.75) is 18.0 Å². The molecule has 17 heavy (non-hydrogen) atoms. The number of thioether (sulfide) groups is 1. The lowest BCUT2D eigenvalue weighted by Crippen LogP contribution is -2.39. The summed E-state index contributed by atoms with van der Waals surface area (Å²) in [7, 11) is 1.79. The van der Waals surface area contributed by atoms with Gasteiger partial charge >= 0.3 is 0 Å². The van der Waals surface area contributed by atoms with Crippen molar-refractivity contribution in [1.82, 2.24) is 19.7 Å². The van der Waals surface area contributed by atoms with E-state index in [1.165, 1.54) is 18.1 Å². The highest BCUT2D eigenvalue weighted by molar-refractivity contribution is 7.99. The number of Topliss-reactive ketones (excluding diaryl/α,β-unsaturated/α-hetero) is 1. The molecule has 0 aromatic carbocycles. The van der Waals surface area contributed by atoms with Crippen LogP contribution < -0.4 is 0 Å². The molecule has 0 unspecified atom stereocenters. The third-order valence-electron chi connectivity index (χ3n) is 2.67. The maximum absolute atomic E-state index is 11.8. The molecule has 1 saturated heterocycles. The van der Waals surface area contributed by atoms with Crippen LogP contribution in [0.2, 0.25) is 0 Å². The van der Waals surface area contributed by atoms with Gasteiger partial charge in [0.05, 0.1) is 5.75 Å². The van der Waals surface area contributed by atoms with E-state index in [0.717, 1.165) is 5.16 Å². The summed E-state index contributed by atoms with van der Waals surface area (Å²) in [6, 6.07) is 0. The van der Waals surface area contributed by atoms with Crippen LogP contribution in [-0.2, 0) is 16.6 Å². The number of likely N-dealkylation sites (tertiary alicyclic amines) is 1. The van der Waals surface area contributed by atoms with E-state index in [2.05, 4.69) is 10.1 Å². The average Bonchev–Trinajstić information content (AvgIpc) is 2.73. The topological polar surface area (TPSA) is 68.1 Å². The average molecular weight is 254 g/mol. The first-order valence-electron chi connectivity index (χ1n) is 5.43. The number of carbonyl (C=O) groups excluding carboxylic acids is 2. The van der Waals surface area contributed by atoms with Gasteiger partial charge in [0.15, 0.2) is 5.16 Å². The Balaban J connectivity index is 1.81.